The van der Waals surface area contributed by atoms with E-state index >= 15 is 0 Å². The van der Waals surface area contributed by atoms with Gasteiger partial charge in [-0.2, -0.15) is 0 Å². The van der Waals surface area contributed by atoms with Gasteiger partial charge in [-0.1, -0.05) is 18.2 Å². The second kappa shape index (κ2) is 7.63. The minimum absolute atomic E-state index is 0.213. The number of methoxy groups -OCH3 is 2. The lowest BCUT2D eigenvalue weighted by molar-refractivity contribution is 0.104. The van der Waals surface area contributed by atoms with Crippen molar-refractivity contribution in [3.05, 3.63) is 53.6 Å². The zero-order valence-corrected chi connectivity index (χ0v) is 14.8. The number of benzene rings is 2. The summed E-state index contributed by atoms with van der Waals surface area (Å²) < 4.78 is 28.0. The van der Waals surface area contributed by atoms with Crippen molar-refractivity contribution in [3.63, 3.8) is 0 Å². The first-order valence-electron chi connectivity index (χ1n) is 7.72. The maximum atomic E-state index is 12.6. The van der Waals surface area contributed by atoms with Gasteiger partial charge in [-0.05, 0) is 34.9 Å². The van der Waals surface area contributed by atoms with E-state index in [1.165, 1.54) is 13.2 Å². The topological polar surface area (TPSA) is 67.8 Å². The van der Waals surface area contributed by atoms with Gasteiger partial charge < -0.3 is 18.8 Å². The number of carbonyl (C=O) groups excluding carboxylic acids is 1. The lowest BCUT2D eigenvalue weighted by Crippen LogP contribution is -2.21. The first kappa shape index (κ1) is 17.4. The van der Waals surface area contributed by atoms with E-state index in [0.29, 0.717) is 34.3 Å². The third kappa shape index (κ3) is 3.81. The Kier molecular flexibility index (Phi) is 5.31. The van der Waals surface area contributed by atoms with Gasteiger partial charge in [-0.3, -0.25) is 4.79 Å². The lowest BCUT2D eigenvalue weighted by atomic mass is 10.1. The van der Waals surface area contributed by atoms with Crippen molar-refractivity contribution in [2.45, 2.75) is 4.90 Å². The van der Waals surface area contributed by atoms with Crippen LogP contribution in [0.2, 0.25) is 0 Å². The molecule has 2 aromatic carbocycles. The van der Waals surface area contributed by atoms with Gasteiger partial charge >= 0.3 is 0 Å². The maximum Gasteiger partial charge on any atom is 0.198 e. The second-order valence-corrected chi connectivity index (χ2v) is 6.91. The standard InChI is InChI=1S/C19H18O5S/c1-22-14-6-3-13(4-7-14)5-8-16(20)15-11-18-19(12-17(15)23-2)25(21)10-9-24-18/h3-8,11-12H,9-10H2,1-2H3/b8-5+. The van der Waals surface area contributed by atoms with E-state index in [2.05, 4.69) is 0 Å². The predicted octanol–water partition coefficient (Wildman–Crippen LogP) is 3.10. The zero-order valence-electron chi connectivity index (χ0n) is 14.0. The number of ketones is 1. The minimum Gasteiger partial charge on any atom is -0.611 e. The predicted molar refractivity (Wildman–Crippen MR) is 96.1 cm³/mol. The summed E-state index contributed by atoms with van der Waals surface area (Å²) in [4.78, 5) is 13.1. The lowest BCUT2D eigenvalue weighted by Gasteiger charge is -2.21. The molecule has 1 unspecified atom stereocenters. The van der Waals surface area contributed by atoms with Gasteiger partial charge in [0.2, 0.25) is 0 Å². The van der Waals surface area contributed by atoms with Crippen LogP contribution >= 0.6 is 0 Å². The largest absolute Gasteiger partial charge is 0.611 e. The van der Waals surface area contributed by atoms with E-state index in [1.54, 1.807) is 25.3 Å². The number of carbonyl (C=O) groups is 1. The fourth-order valence-corrected chi connectivity index (χ4v) is 3.54. The highest BCUT2D eigenvalue weighted by molar-refractivity contribution is 7.91. The van der Waals surface area contributed by atoms with Gasteiger partial charge in [-0.25, -0.2) is 0 Å². The Morgan fingerprint density at radius 2 is 1.96 bits per heavy atom. The Bertz CT molecular complexity index is 798. The van der Waals surface area contributed by atoms with Crippen LogP contribution in [0.4, 0.5) is 0 Å². The number of hydrogen-bond acceptors (Lipinski definition) is 5. The van der Waals surface area contributed by atoms with E-state index in [9.17, 15) is 9.35 Å². The third-order valence-corrected chi connectivity index (χ3v) is 5.19. The smallest absolute Gasteiger partial charge is 0.198 e. The number of allylic oxidation sites excluding steroid dienone is 1. The molecule has 0 N–H and O–H groups in total. The normalized spacial score (nSPS) is 16.2. The highest BCUT2D eigenvalue weighted by Crippen LogP contribution is 2.35. The van der Waals surface area contributed by atoms with Crippen LogP contribution in [0.5, 0.6) is 17.2 Å². The zero-order chi connectivity index (χ0) is 17.8. The average molecular weight is 358 g/mol. The van der Waals surface area contributed by atoms with Gasteiger partial charge in [0.15, 0.2) is 16.4 Å². The molecular formula is C19H18O5S. The SMILES string of the molecule is COc1ccc(/C=C/C(=O)c2cc3c(cc2OC)[S+]([O-])CCO3)cc1. The highest BCUT2D eigenvalue weighted by atomic mass is 32.2. The minimum atomic E-state index is -1.13. The van der Waals surface area contributed by atoms with Crippen molar-refractivity contribution in [1.82, 2.24) is 0 Å². The fraction of sp³-hybridized carbons (Fsp3) is 0.211. The van der Waals surface area contributed by atoms with Crippen molar-refractivity contribution < 1.29 is 23.6 Å². The van der Waals surface area contributed by atoms with Crippen LogP contribution in [0.15, 0.2) is 47.4 Å². The summed E-state index contributed by atoms with van der Waals surface area (Å²) in [6, 6.07) is 10.6. The Hall–Kier alpha value is -2.44. The van der Waals surface area contributed by atoms with Crippen LogP contribution in [-0.4, -0.2) is 36.9 Å². The molecule has 0 fully saturated rings. The first-order valence-corrected chi connectivity index (χ1v) is 9.04. The first-order chi connectivity index (χ1) is 12.1. The van der Waals surface area contributed by atoms with E-state index < -0.39 is 11.2 Å². The Morgan fingerprint density at radius 1 is 1.20 bits per heavy atom. The monoisotopic (exact) mass is 358 g/mol. The maximum absolute atomic E-state index is 12.6. The van der Waals surface area contributed by atoms with Gasteiger partial charge in [0.1, 0.15) is 23.9 Å². The van der Waals surface area contributed by atoms with Gasteiger partial charge in [0.05, 0.1) is 19.8 Å². The van der Waals surface area contributed by atoms with E-state index in [-0.39, 0.29) is 5.78 Å². The van der Waals surface area contributed by atoms with E-state index in [0.717, 1.165) is 11.3 Å². The molecule has 2 aromatic rings. The van der Waals surface area contributed by atoms with Crippen LogP contribution in [0, 0.1) is 0 Å². The molecule has 1 heterocycles. The highest BCUT2D eigenvalue weighted by Gasteiger charge is 2.27. The molecule has 130 valence electrons. The summed E-state index contributed by atoms with van der Waals surface area (Å²) in [5, 5.41) is 0. The van der Waals surface area contributed by atoms with Gasteiger partial charge in [-0.15, -0.1) is 0 Å². The summed E-state index contributed by atoms with van der Waals surface area (Å²) in [6.07, 6.45) is 3.20. The molecule has 3 rings (SSSR count). The molecule has 0 spiro atoms. The molecule has 0 aliphatic carbocycles. The van der Waals surface area contributed by atoms with Gasteiger partial charge in [0, 0.05) is 12.1 Å². The number of hydrogen-bond donors (Lipinski definition) is 0. The fourth-order valence-electron chi connectivity index (χ4n) is 2.51. The molecular weight excluding hydrogens is 340 g/mol. The van der Waals surface area contributed by atoms with Crippen LogP contribution in [0.1, 0.15) is 15.9 Å². The summed E-state index contributed by atoms with van der Waals surface area (Å²) in [5.41, 5.74) is 1.26. The molecule has 25 heavy (non-hydrogen) atoms. The molecule has 0 saturated carbocycles. The Morgan fingerprint density at radius 3 is 2.64 bits per heavy atom. The summed E-state index contributed by atoms with van der Waals surface area (Å²) in [6.45, 7) is 0.376. The molecule has 6 heteroatoms. The van der Waals surface area contributed by atoms with Crippen LogP contribution in [0.3, 0.4) is 0 Å². The molecule has 1 aliphatic rings. The number of ether oxygens (including phenoxy) is 3. The second-order valence-electron chi connectivity index (χ2n) is 5.37. The molecule has 0 radical (unpaired) electrons. The molecule has 0 saturated heterocycles. The number of rotatable bonds is 5. The summed E-state index contributed by atoms with van der Waals surface area (Å²) >= 11 is -1.13. The van der Waals surface area contributed by atoms with Crippen LogP contribution < -0.4 is 14.2 Å². The third-order valence-electron chi connectivity index (χ3n) is 3.85. The molecule has 1 atom stereocenters. The molecule has 0 amide bonds. The molecule has 5 nitrogen and oxygen atoms in total. The van der Waals surface area contributed by atoms with Crippen molar-refractivity contribution in [2.75, 3.05) is 26.6 Å². The van der Waals surface area contributed by atoms with Crippen LogP contribution in [-0.2, 0) is 11.2 Å². The van der Waals surface area contributed by atoms with Gasteiger partial charge in [0.25, 0.3) is 0 Å². The average Bonchev–Trinajstić information content (AvgIpc) is 2.66. The number of fused-ring (bicyclic) bond motifs is 1. The van der Waals surface area contributed by atoms with E-state index in [1.807, 2.05) is 24.3 Å². The van der Waals surface area contributed by atoms with Crippen molar-refractivity contribution >= 4 is 23.0 Å². The summed E-state index contributed by atoms with van der Waals surface area (Å²) in [7, 11) is 3.09. The Labute approximate surface area is 149 Å². The quantitative estimate of drug-likeness (QED) is 0.467. The van der Waals surface area contributed by atoms with Crippen LogP contribution in [0.25, 0.3) is 6.08 Å². The van der Waals surface area contributed by atoms with Crippen molar-refractivity contribution in [1.29, 1.82) is 0 Å². The van der Waals surface area contributed by atoms with Crippen molar-refractivity contribution in [2.24, 2.45) is 0 Å². The molecule has 0 bridgehead atoms. The van der Waals surface area contributed by atoms with E-state index in [4.69, 9.17) is 14.2 Å². The van der Waals surface area contributed by atoms with Crippen molar-refractivity contribution in [3.8, 4) is 17.2 Å². The summed E-state index contributed by atoms with van der Waals surface area (Å²) in [5.74, 6) is 1.86. The Balaban J connectivity index is 1.86. The molecule has 0 aromatic heterocycles. The molecule has 1 aliphatic heterocycles.